The molecule has 72 valence electrons. The molecule has 0 heterocycles. The van der Waals surface area contributed by atoms with Gasteiger partial charge in [0.05, 0.1) is 11.2 Å². The largest absolute Gasteiger partial charge is 0.393 e. The summed E-state index contributed by atoms with van der Waals surface area (Å²) in [5.74, 6) is 0. The van der Waals surface area contributed by atoms with E-state index in [0.29, 0.717) is 17.8 Å². The van der Waals surface area contributed by atoms with Crippen molar-refractivity contribution < 1.29 is 8.42 Å². The van der Waals surface area contributed by atoms with Crippen molar-refractivity contribution in [3.05, 3.63) is 0 Å². The smallest absolute Gasteiger partial charge is 0.208 e. The molecule has 0 amide bonds. The van der Waals surface area contributed by atoms with Crippen molar-refractivity contribution in [2.75, 3.05) is 6.26 Å². The van der Waals surface area contributed by atoms with Gasteiger partial charge in [-0.15, -0.1) is 0 Å². The molecule has 0 aromatic carbocycles. The maximum Gasteiger partial charge on any atom is 0.208 e. The van der Waals surface area contributed by atoms with Crippen molar-refractivity contribution >= 4 is 27.2 Å². The van der Waals surface area contributed by atoms with E-state index in [2.05, 4.69) is 16.9 Å². The van der Waals surface area contributed by atoms with E-state index >= 15 is 0 Å². The van der Waals surface area contributed by atoms with E-state index in [1.165, 1.54) is 0 Å². The fourth-order valence-electron chi connectivity index (χ4n) is 0.815. The molecule has 0 aliphatic rings. The molecule has 1 atom stereocenters. The highest BCUT2D eigenvalue weighted by atomic mass is 32.2. The minimum Gasteiger partial charge on any atom is -0.393 e. The number of hydrogen-bond donors (Lipinski definition) is 2. The summed E-state index contributed by atoms with van der Waals surface area (Å²) in [4.78, 5) is 0.331. The number of nitrogens with two attached hydrogens (primary N) is 1. The Morgan fingerprint density at radius 2 is 2.17 bits per heavy atom. The topological polar surface area (TPSA) is 72.2 Å². The van der Waals surface area contributed by atoms with Crippen molar-refractivity contribution in [2.45, 2.75) is 25.8 Å². The molecule has 12 heavy (non-hydrogen) atoms. The van der Waals surface area contributed by atoms with Crippen molar-refractivity contribution in [3.63, 3.8) is 0 Å². The minimum atomic E-state index is -3.15. The quantitative estimate of drug-likeness (QED) is 0.626. The van der Waals surface area contributed by atoms with Gasteiger partial charge in [0.2, 0.25) is 10.0 Å². The van der Waals surface area contributed by atoms with Crippen LogP contribution in [0.2, 0.25) is 0 Å². The van der Waals surface area contributed by atoms with Crippen LogP contribution in [0.3, 0.4) is 0 Å². The number of thiocarbonyl (C=S) groups is 1. The maximum absolute atomic E-state index is 10.8. The molecule has 6 heteroatoms. The molecule has 0 saturated carbocycles. The van der Waals surface area contributed by atoms with Crippen LogP contribution in [0, 0.1) is 0 Å². The number of nitrogens with one attached hydrogen (secondary N) is 1. The molecule has 4 nitrogen and oxygen atoms in total. The van der Waals surface area contributed by atoms with Crippen molar-refractivity contribution in [2.24, 2.45) is 5.73 Å². The second kappa shape index (κ2) is 4.74. The molecule has 3 N–H and O–H groups in total. The fraction of sp³-hybridized carbons (Fsp3) is 0.833. The van der Waals surface area contributed by atoms with Gasteiger partial charge >= 0.3 is 0 Å². The van der Waals surface area contributed by atoms with Gasteiger partial charge in [0, 0.05) is 12.5 Å². The summed E-state index contributed by atoms with van der Waals surface area (Å²) in [5, 5.41) is 0. The van der Waals surface area contributed by atoms with Crippen LogP contribution in [-0.2, 0) is 10.0 Å². The molecule has 0 saturated heterocycles. The summed E-state index contributed by atoms with van der Waals surface area (Å²) in [6, 6.07) is -0.169. The van der Waals surface area contributed by atoms with Gasteiger partial charge in [-0.3, -0.25) is 0 Å². The molecule has 0 bridgehead atoms. The van der Waals surface area contributed by atoms with Crippen molar-refractivity contribution in [3.8, 4) is 0 Å². The van der Waals surface area contributed by atoms with E-state index in [4.69, 9.17) is 5.73 Å². The third kappa shape index (κ3) is 6.51. The minimum absolute atomic E-state index is 0.169. The van der Waals surface area contributed by atoms with Gasteiger partial charge in [-0.05, 0) is 6.42 Å². The highest BCUT2D eigenvalue weighted by Gasteiger charge is 2.12. The first-order valence-electron chi connectivity index (χ1n) is 3.60. The number of hydrogen-bond acceptors (Lipinski definition) is 3. The van der Waals surface area contributed by atoms with E-state index < -0.39 is 10.0 Å². The highest BCUT2D eigenvalue weighted by Crippen LogP contribution is 1.98. The van der Waals surface area contributed by atoms with Crippen LogP contribution in [0.5, 0.6) is 0 Å². The maximum atomic E-state index is 10.8. The first-order chi connectivity index (χ1) is 5.35. The Morgan fingerprint density at radius 1 is 1.67 bits per heavy atom. The third-order valence-corrected chi connectivity index (χ3v) is 2.25. The Kier molecular flexibility index (Phi) is 4.66. The predicted molar refractivity (Wildman–Crippen MR) is 53.5 cm³/mol. The van der Waals surface area contributed by atoms with Gasteiger partial charge < -0.3 is 5.73 Å². The second-order valence-corrected chi connectivity index (χ2v) is 4.97. The fourth-order valence-corrected chi connectivity index (χ4v) is 1.87. The molecule has 0 aliphatic carbocycles. The highest BCUT2D eigenvalue weighted by molar-refractivity contribution is 7.88. The molecule has 0 aromatic rings. The van der Waals surface area contributed by atoms with E-state index in [0.717, 1.165) is 6.26 Å². The first kappa shape index (κ1) is 11.8. The zero-order chi connectivity index (χ0) is 9.78. The molecular weight excluding hydrogens is 196 g/mol. The zero-order valence-electron chi connectivity index (χ0n) is 7.20. The van der Waals surface area contributed by atoms with Crippen LogP contribution >= 0.6 is 12.2 Å². The van der Waals surface area contributed by atoms with Gasteiger partial charge in [0.15, 0.2) is 0 Å². The van der Waals surface area contributed by atoms with Crippen LogP contribution in [-0.4, -0.2) is 25.7 Å². The monoisotopic (exact) mass is 210 g/mol. The second-order valence-electron chi connectivity index (χ2n) is 2.67. The Hall–Kier alpha value is -0.200. The lowest BCUT2D eigenvalue weighted by atomic mass is 10.2. The van der Waals surface area contributed by atoms with Gasteiger partial charge in [-0.1, -0.05) is 19.1 Å². The summed E-state index contributed by atoms with van der Waals surface area (Å²) in [6.07, 6.45) is 2.22. The SMILES string of the molecule is CCC(CC(N)=S)NS(C)(=O)=O. The van der Waals surface area contributed by atoms with Crippen LogP contribution in [0.15, 0.2) is 0 Å². The molecule has 0 rings (SSSR count). The molecule has 0 spiro atoms. The van der Waals surface area contributed by atoms with Crippen LogP contribution in [0.1, 0.15) is 19.8 Å². The van der Waals surface area contributed by atoms with Crippen molar-refractivity contribution in [1.29, 1.82) is 0 Å². The molecule has 0 aliphatic heterocycles. The van der Waals surface area contributed by atoms with E-state index in [9.17, 15) is 8.42 Å². The normalized spacial score (nSPS) is 14.2. The van der Waals surface area contributed by atoms with Crippen LogP contribution in [0.25, 0.3) is 0 Å². The number of sulfonamides is 1. The average molecular weight is 210 g/mol. The Bertz CT molecular complexity index is 248. The lowest BCUT2D eigenvalue weighted by Gasteiger charge is -2.13. The van der Waals surface area contributed by atoms with Crippen LogP contribution in [0.4, 0.5) is 0 Å². The Labute approximate surface area is 78.6 Å². The molecule has 0 aromatic heterocycles. The standard InChI is InChI=1S/C6H14N2O2S2/c1-3-5(4-6(7)11)8-12(2,9)10/h5,8H,3-4H2,1-2H3,(H2,7,11). The van der Waals surface area contributed by atoms with E-state index in [-0.39, 0.29) is 6.04 Å². The lowest BCUT2D eigenvalue weighted by Crippen LogP contribution is -2.36. The number of rotatable bonds is 5. The average Bonchev–Trinajstić information content (AvgIpc) is 1.82. The summed E-state index contributed by atoms with van der Waals surface area (Å²) >= 11 is 4.67. The Morgan fingerprint density at radius 3 is 2.42 bits per heavy atom. The molecule has 0 radical (unpaired) electrons. The van der Waals surface area contributed by atoms with Gasteiger partial charge in [-0.25, -0.2) is 13.1 Å². The predicted octanol–water partition coefficient (Wildman–Crippen LogP) is -0.00960. The van der Waals surface area contributed by atoms with Crippen LogP contribution < -0.4 is 10.5 Å². The van der Waals surface area contributed by atoms with E-state index in [1.807, 2.05) is 6.92 Å². The summed E-state index contributed by atoms with van der Waals surface area (Å²) in [5.41, 5.74) is 5.28. The van der Waals surface area contributed by atoms with Gasteiger partial charge in [-0.2, -0.15) is 0 Å². The molecule has 0 fully saturated rings. The summed E-state index contributed by atoms with van der Waals surface area (Å²) in [7, 11) is -3.15. The molecule has 1 unspecified atom stereocenters. The first-order valence-corrected chi connectivity index (χ1v) is 5.90. The van der Waals surface area contributed by atoms with E-state index in [1.54, 1.807) is 0 Å². The van der Waals surface area contributed by atoms with Crippen molar-refractivity contribution in [1.82, 2.24) is 4.72 Å². The zero-order valence-corrected chi connectivity index (χ0v) is 8.83. The summed E-state index contributed by atoms with van der Waals surface area (Å²) in [6.45, 7) is 1.88. The Balaban J connectivity index is 4.10. The third-order valence-electron chi connectivity index (χ3n) is 1.32. The van der Waals surface area contributed by atoms with Gasteiger partial charge in [0.25, 0.3) is 0 Å². The van der Waals surface area contributed by atoms with Gasteiger partial charge in [0.1, 0.15) is 0 Å². The summed E-state index contributed by atoms with van der Waals surface area (Å²) < 4.78 is 24.0. The molecular formula is C6H14N2O2S2. The lowest BCUT2D eigenvalue weighted by molar-refractivity contribution is 0.551.